The lowest BCUT2D eigenvalue weighted by molar-refractivity contribution is 0.102. The molecule has 6 nitrogen and oxygen atoms in total. The minimum Gasteiger partial charge on any atom is -0.369 e. The van der Waals surface area contributed by atoms with E-state index in [2.05, 4.69) is 20.1 Å². The number of anilines is 2. The predicted molar refractivity (Wildman–Crippen MR) is 111 cm³/mol. The normalized spacial score (nSPS) is 19.5. The number of carbonyl (C=O) groups is 1. The van der Waals surface area contributed by atoms with Crippen molar-refractivity contribution >= 4 is 22.9 Å². The van der Waals surface area contributed by atoms with Gasteiger partial charge in [-0.15, -0.1) is 0 Å². The Morgan fingerprint density at radius 1 is 1.17 bits per heavy atom. The van der Waals surface area contributed by atoms with E-state index < -0.39 is 11.7 Å². The summed E-state index contributed by atoms with van der Waals surface area (Å²) < 4.78 is 16.6. The zero-order valence-electron chi connectivity index (χ0n) is 16.4. The number of nitrogens with one attached hydrogen (secondary N) is 1. The quantitative estimate of drug-likeness (QED) is 0.742. The number of benzene rings is 1. The number of amides is 1. The molecule has 0 saturated carbocycles. The molecule has 2 aliphatic rings. The van der Waals surface area contributed by atoms with Crippen LogP contribution in [0.4, 0.5) is 15.8 Å². The Balaban J connectivity index is 1.32. The summed E-state index contributed by atoms with van der Waals surface area (Å²) >= 11 is 0. The number of halogens is 1. The summed E-state index contributed by atoms with van der Waals surface area (Å²) in [5, 5.41) is 2.78. The van der Waals surface area contributed by atoms with Gasteiger partial charge >= 0.3 is 0 Å². The third-order valence-corrected chi connectivity index (χ3v) is 5.98. The number of aryl methyl sites for hydroxylation is 1. The van der Waals surface area contributed by atoms with Gasteiger partial charge in [-0.25, -0.2) is 9.37 Å². The molecule has 5 rings (SSSR count). The number of piperazine rings is 1. The minimum atomic E-state index is -0.492. The molecule has 0 bridgehead atoms. The fourth-order valence-electron chi connectivity index (χ4n) is 4.50. The first-order valence-corrected chi connectivity index (χ1v) is 10.1. The van der Waals surface area contributed by atoms with Crippen molar-refractivity contribution in [1.82, 2.24) is 14.3 Å². The van der Waals surface area contributed by atoms with Gasteiger partial charge < -0.3 is 14.6 Å². The number of hydrogen-bond donors (Lipinski definition) is 1. The number of imidazole rings is 1. The fraction of sp³-hybridized carbons (Fsp3) is 0.364. The maximum Gasteiger partial charge on any atom is 0.258 e. The van der Waals surface area contributed by atoms with E-state index in [1.807, 2.05) is 29.7 Å². The molecule has 2 fully saturated rings. The number of fused-ring (bicyclic) bond motifs is 2. The van der Waals surface area contributed by atoms with Crippen LogP contribution < -0.4 is 10.2 Å². The van der Waals surface area contributed by atoms with Crippen molar-refractivity contribution in [2.45, 2.75) is 25.8 Å². The molecule has 7 heteroatoms. The van der Waals surface area contributed by atoms with Gasteiger partial charge in [0, 0.05) is 43.8 Å². The highest BCUT2D eigenvalue weighted by molar-refractivity contribution is 6.04. The van der Waals surface area contributed by atoms with E-state index in [9.17, 15) is 9.18 Å². The summed E-state index contributed by atoms with van der Waals surface area (Å²) in [7, 11) is 0. The van der Waals surface area contributed by atoms with Crippen LogP contribution in [0.2, 0.25) is 0 Å². The lowest BCUT2D eigenvalue weighted by atomic mass is 10.1. The van der Waals surface area contributed by atoms with E-state index in [0.717, 1.165) is 36.7 Å². The van der Waals surface area contributed by atoms with Crippen molar-refractivity contribution in [1.29, 1.82) is 0 Å². The van der Waals surface area contributed by atoms with E-state index in [1.54, 1.807) is 18.3 Å². The lowest BCUT2D eigenvalue weighted by Gasteiger charge is -2.38. The van der Waals surface area contributed by atoms with Crippen LogP contribution in [-0.4, -0.2) is 52.4 Å². The Bertz CT molecular complexity index is 1080. The molecular formula is C22H24FN5O. The second-order valence-electron chi connectivity index (χ2n) is 7.96. The van der Waals surface area contributed by atoms with Crippen LogP contribution in [0.1, 0.15) is 28.9 Å². The minimum absolute atomic E-state index is 0.0511. The molecule has 2 saturated heterocycles. The Morgan fingerprint density at radius 3 is 2.93 bits per heavy atom. The monoisotopic (exact) mass is 393 g/mol. The molecule has 0 spiro atoms. The van der Waals surface area contributed by atoms with Crippen LogP contribution in [0.25, 0.3) is 5.65 Å². The summed E-state index contributed by atoms with van der Waals surface area (Å²) in [5.74, 6) is -0.945. The van der Waals surface area contributed by atoms with Crippen LogP contribution in [0.15, 0.2) is 42.7 Å². The smallest absolute Gasteiger partial charge is 0.258 e. The van der Waals surface area contributed by atoms with E-state index >= 15 is 0 Å². The van der Waals surface area contributed by atoms with Gasteiger partial charge in [0.15, 0.2) is 0 Å². The summed E-state index contributed by atoms with van der Waals surface area (Å²) in [5.41, 5.74) is 3.20. The molecule has 1 N–H and O–H groups in total. The first-order valence-electron chi connectivity index (χ1n) is 10.1. The highest BCUT2D eigenvalue weighted by Gasteiger charge is 2.30. The molecule has 150 valence electrons. The average molecular weight is 393 g/mol. The van der Waals surface area contributed by atoms with E-state index in [4.69, 9.17) is 0 Å². The van der Waals surface area contributed by atoms with E-state index in [0.29, 0.717) is 11.7 Å². The molecule has 2 aromatic heterocycles. The Hall–Kier alpha value is -2.93. The number of pyridine rings is 1. The first-order chi connectivity index (χ1) is 14.1. The SMILES string of the molecule is Cc1cn2cc(NC(=O)c3ccc(N4CCN5CCCC5C4)cc3F)ccc2n1. The first kappa shape index (κ1) is 18.1. The van der Waals surface area contributed by atoms with E-state index in [1.165, 1.54) is 25.5 Å². The Labute approximate surface area is 168 Å². The van der Waals surface area contributed by atoms with Gasteiger partial charge in [-0.2, -0.15) is 0 Å². The molecule has 1 aromatic carbocycles. The third-order valence-electron chi connectivity index (χ3n) is 5.98. The van der Waals surface area contributed by atoms with Gasteiger partial charge in [0.25, 0.3) is 5.91 Å². The molecule has 29 heavy (non-hydrogen) atoms. The number of hydrogen-bond acceptors (Lipinski definition) is 4. The van der Waals surface area contributed by atoms with Crippen molar-refractivity contribution < 1.29 is 9.18 Å². The predicted octanol–water partition coefficient (Wildman–Crippen LogP) is 3.32. The van der Waals surface area contributed by atoms with Gasteiger partial charge in [-0.3, -0.25) is 9.69 Å². The van der Waals surface area contributed by atoms with Crippen LogP contribution >= 0.6 is 0 Å². The third kappa shape index (κ3) is 3.46. The average Bonchev–Trinajstić information content (AvgIpc) is 3.32. The molecular weight excluding hydrogens is 369 g/mol. The topological polar surface area (TPSA) is 52.9 Å². The maximum atomic E-state index is 14.8. The molecule has 2 aliphatic heterocycles. The fourth-order valence-corrected chi connectivity index (χ4v) is 4.50. The summed E-state index contributed by atoms with van der Waals surface area (Å²) in [6.07, 6.45) is 6.11. The summed E-state index contributed by atoms with van der Waals surface area (Å²) in [6, 6.07) is 9.09. The lowest BCUT2D eigenvalue weighted by Crippen LogP contribution is -2.50. The Morgan fingerprint density at radius 2 is 2.07 bits per heavy atom. The number of rotatable bonds is 3. The molecule has 1 amide bonds. The van der Waals surface area contributed by atoms with E-state index in [-0.39, 0.29) is 5.56 Å². The highest BCUT2D eigenvalue weighted by atomic mass is 19.1. The van der Waals surface area contributed by atoms with Crippen molar-refractivity contribution in [3.05, 3.63) is 59.8 Å². The van der Waals surface area contributed by atoms with Gasteiger partial charge in [-0.05, 0) is 56.6 Å². The molecule has 3 aromatic rings. The number of aromatic nitrogens is 2. The summed E-state index contributed by atoms with van der Waals surface area (Å²) in [6.45, 7) is 5.93. The zero-order valence-corrected chi connectivity index (χ0v) is 16.4. The van der Waals surface area contributed by atoms with Gasteiger partial charge in [0.1, 0.15) is 11.5 Å². The van der Waals surface area contributed by atoms with Crippen LogP contribution in [0, 0.1) is 12.7 Å². The van der Waals surface area contributed by atoms with Crippen molar-refractivity contribution in [3.8, 4) is 0 Å². The number of carbonyl (C=O) groups excluding carboxylic acids is 1. The van der Waals surface area contributed by atoms with Crippen molar-refractivity contribution in [3.63, 3.8) is 0 Å². The largest absolute Gasteiger partial charge is 0.369 e. The summed E-state index contributed by atoms with van der Waals surface area (Å²) in [4.78, 5) is 21.7. The van der Waals surface area contributed by atoms with Crippen LogP contribution in [-0.2, 0) is 0 Å². The van der Waals surface area contributed by atoms with Crippen LogP contribution in [0.5, 0.6) is 0 Å². The molecule has 1 atom stereocenters. The molecule has 4 heterocycles. The molecule has 0 aliphatic carbocycles. The molecule has 1 unspecified atom stereocenters. The highest BCUT2D eigenvalue weighted by Crippen LogP contribution is 2.27. The van der Waals surface area contributed by atoms with Crippen LogP contribution in [0.3, 0.4) is 0 Å². The maximum absolute atomic E-state index is 14.8. The van der Waals surface area contributed by atoms with Gasteiger partial charge in [-0.1, -0.05) is 0 Å². The van der Waals surface area contributed by atoms with Crippen molar-refractivity contribution in [2.75, 3.05) is 36.4 Å². The molecule has 0 radical (unpaired) electrons. The standard InChI is InChI=1S/C22H24FN5O/c1-15-12-28-13-16(4-7-21(28)24-15)25-22(29)19-6-5-17(11-20(19)23)27-10-9-26-8-2-3-18(26)14-27/h4-7,11-13,18H,2-3,8-10,14H2,1H3,(H,25,29). The second kappa shape index (κ2) is 7.15. The van der Waals surface area contributed by atoms with Crippen molar-refractivity contribution in [2.24, 2.45) is 0 Å². The second-order valence-corrected chi connectivity index (χ2v) is 7.96. The van der Waals surface area contributed by atoms with Gasteiger partial charge in [0.2, 0.25) is 0 Å². The van der Waals surface area contributed by atoms with Gasteiger partial charge in [0.05, 0.1) is 16.9 Å². The zero-order chi connectivity index (χ0) is 20.0. The Kier molecular flexibility index (Phi) is 4.47. The number of nitrogens with zero attached hydrogens (tertiary/aromatic N) is 4.